The first-order valence-electron chi connectivity index (χ1n) is 3.86. The van der Waals surface area contributed by atoms with Crippen LogP contribution in [0.1, 0.15) is 25.7 Å². The first-order valence-corrected chi connectivity index (χ1v) is 5.44. The predicted molar refractivity (Wildman–Crippen MR) is 43.3 cm³/mol. The maximum atomic E-state index is 11.4. The summed E-state index contributed by atoms with van der Waals surface area (Å²) in [4.78, 5) is 0. The van der Waals surface area contributed by atoms with E-state index in [4.69, 9.17) is 0 Å². The third-order valence-electron chi connectivity index (χ3n) is 1.40. The molecule has 0 aromatic heterocycles. The molecule has 0 unspecified atom stereocenters. The summed E-state index contributed by atoms with van der Waals surface area (Å²) >= 11 is 0. The van der Waals surface area contributed by atoms with Gasteiger partial charge in [-0.05, 0) is 25.3 Å². The van der Waals surface area contributed by atoms with Gasteiger partial charge in [0.15, 0.2) is 0 Å². The average Bonchev–Trinajstić information content (AvgIpc) is 1.93. The van der Waals surface area contributed by atoms with Gasteiger partial charge in [0.05, 0.1) is 10.1 Å². The second-order valence-corrected chi connectivity index (χ2v) is 4.13. The minimum Gasteiger partial charge on any atom is -0.748 e. The quantitative estimate of drug-likeness (QED) is 0.500. The van der Waals surface area contributed by atoms with Gasteiger partial charge in [0.25, 0.3) is 6.08 Å². The number of hydrogen-bond donors (Lipinski definition) is 0. The third-order valence-corrected chi connectivity index (χ3v) is 2.19. The molecular weight excluding hydrogens is 202 g/mol. The highest BCUT2D eigenvalue weighted by Crippen LogP contribution is 2.06. The zero-order valence-corrected chi connectivity index (χ0v) is 7.82. The summed E-state index contributed by atoms with van der Waals surface area (Å²) in [6.07, 6.45) is 0.481. The molecule has 0 fully saturated rings. The molecule has 0 aliphatic heterocycles. The Hall–Kier alpha value is -0.490. The van der Waals surface area contributed by atoms with Crippen molar-refractivity contribution in [2.24, 2.45) is 0 Å². The van der Waals surface area contributed by atoms with Crippen LogP contribution in [0, 0.1) is 0 Å². The highest BCUT2D eigenvalue weighted by Gasteiger charge is 1.95. The molecule has 0 heterocycles. The van der Waals surface area contributed by atoms with Gasteiger partial charge >= 0.3 is 0 Å². The molecule has 13 heavy (non-hydrogen) atoms. The van der Waals surface area contributed by atoms with Crippen molar-refractivity contribution < 1.29 is 21.8 Å². The van der Waals surface area contributed by atoms with Gasteiger partial charge in [0, 0.05) is 5.75 Å². The maximum absolute atomic E-state index is 11.4. The molecule has 0 bridgehead atoms. The molecule has 0 aromatic carbocycles. The molecule has 0 saturated heterocycles. The Morgan fingerprint density at radius 1 is 1.23 bits per heavy atom. The molecule has 0 aliphatic carbocycles. The van der Waals surface area contributed by atoms with Gasteiger partial charge in [-0.25, -0.2) is 8.42 Å². The van der Waals surface area contributed by atoms with Crippen LogP contribution in [0.4, 0.5) is 8.78 Å². The smallest absolute Gasteiger partial charge is 0.266 e. The van der Waals surface area contributed by atoms with E-state index in [0.717, 1.165) is 6.08 Å². The molecule has 0 aliphatic rings. The van der Waals surface area contributed by atoms with E-state index in [9.17, 15) is 21.8 Å². The van der Waals surface area contributed by atoms with Crippen molar-refractivity contribution in [1.29, 1.82) is 0 Å². The summed E-state index contributed by atoms with van der Waals surface area (Å²) in [5.74, 6) is -0.408. The summed E-state index contributed by atoms with van der Waals surface area (Å²) in [5, 5.41) is 0. The fraction of sp³-hybridized carbons (Fsp3) is 0.714. The van der Waals surface area contributed by atoms with Crippen LogP contribution in [0.5, 0.6) is 0 Å². The molecule has 0 spiro atoms. The van der Waals surface area contributed by atoms with Crippen molar-refractivity contribution in [2.45, 2.75) is 25.7 Å². The van der Waals surface area contributed by atoms with E-state index in [1.807, 2.05) is 0 Å². The molecule has 78 valence electrons. The van der Waals surface area contributed by atoms with Crippen LogP contribution >= 0.6 is 0 Å². The summed E-state index contributed by atoms with van der Waals surface area (Å²) < 4.78 is 53.2. The lowest BCUT2D eigenvalue weighted by molar-refractivity contribution is 0.416. The standard InChI is InChI=1S/C7H12F2O3S/c8-7(9)5-3-1-2-4-6-13(10,11)12/h5H,1-4,6H2,(H,10,11,12)/p-1. The largest absolute Gasteiger partial charge is 0.748 e. The van der Waals surface area contributed by atoms with Crippen molar-refractivity contribution >= 4 is 10.1 Å². The van der Waals surface area contributed by atoms with E-state index >= 15 is 0 Å². The van der Waals surface area contributed by atoms with Crippen LogP contribution in [-0.4, -0.2) is 18.7 Å². The van der Waals surface area contributed by atoms with E-state index in [-0.39, 0.29) is 12.8 Å². The van der Waals surface area contributed by atoms with Crippen LogP contribution in [-0.2, 0) is 10.1 Å². The third kappa shape index (κ3) is 11.5. The predicted octanol–water partition coefficient (Wildman–Crippen LogP) is 1.87. The molecule has 0 radical (unpaired) electrons. The van der Waals surface area contributed by atoms with E-state index < -0.39 is 22.0 Å². The maximum Gasteiger partial charge on any atom is 0.266 e. The van der Waals surface area contributed by atoms with E-state index in [1.165, 1.54) is 0 Å². The molecule has 0 saturated carbocycles. The molecule has 0 aromatic rings. The number of hydrogen-bond acceptors (Lipinski definition) is 3. The van der Waals surface area contributed by atoms with Crippen LogP contribution in [0.3, 0.4) is 0 Å². The monoisotopic (exact) mass is 213 g/mol. The van der Waals surface area contributed by atoms with Crippen LogP contribution in [0.15, 0.2) is 12.2 Å². The van der Waals surface area contributed by atoms with Crippen LogP contribution < -0.4 is 0 Å². The molecular formula is C7H11F2O3S-. The van der Waals surface area contributed by atoms with Crippen molar-refractivity contribution in [3.05, 3.63) is 12.2 Å². The molecule has 0 N–H and O–H groups in total. The topological polar surface area (TPSA) is 57.2 Å². The molecule has 0 amide bonds. The minimum atomic E-state index is -4.14. The summed E-state index contributed by atoms with van der Waals surface area (Å²) in [6.45, 7) is 0. The summed E-state index contributed by atoms with van der Waals surface area (Å²) in [6, 6.07) is 0. The minimum absolute atomic E-state index is 0.223. The highest BCUT2D eigenvalue weighted by molar-refractivity contribution is 7.85. The number of allylic oxidation sites excluding steroid dienone is 1. The average molecular weight is 213 g/mol. The summed E-state index contributed by atoms with van der Waals surface area (Å²) in [7, 11) is -4.14. The second kappa shape index (κ2) is 6.04. The van der Waals surface area contributed by atoms with E-state index in [1.54, 1.807) is 0 Å². The zero-order chi connectivity index (χ0) is 10.3. The molecule has 6 heteroatoms. The van der Waals surface area contributed by atoms with Crippen LogP contribution in [0.2, 0.25) is 0 Å². The normalized spacial score (nSPS) is 11.3. The van der Waals surface area contributed by atoms with Gasteiger partial charge in [-0.2, -0.15) is 8.78 Å². The Bertz CT molecular complexity index is 255. The van der Waals surface area contributed by atoms with Gasteiger partial charge < -0.3 is 4.55 Å². The van der Waals surface area contributed by atoms with Gasteiger partial charge in [-0.3, -0.25) is 0 Å². The first kappa shape index (κ1) is 12.5. The number of halogens is 2. The number of unbranched alkanes of at least 4 members (excludes halogenated alkanes) is 3. The van der Waals surface area contributed by atoms with Gasteiger partial charge in [0.2, 0.25) is 0 Å². The lowest BCUT2D eigenvalue weighted by atomic mass is 10.2. The number of rotatable bonds is 6. The van der Waals surface area contributed by atoms with Gasteiger partial charge in [-0.15, -0.1) is 0 Å². The Labute approximate surface area is 76.2 Å². The van der Waals surface area contributed by atoms with Crippen molar-refractivity contribution in [2.75, 3.05) is 5.75 Å². The second-order valence-electron chi connectivity index (χ2n) is 2.60. The highest BCUT2D eigenvalue weighted by atomic mass is 32.2. The Morgan fingerprint density at radius 2 is 1.85 bits per heavy atom. The fourth-order valence-electron chi connectivity index (χ4n) is 0.811. The van der Waals surface area contributed by atoms with Gasteiger partial charge in [-0.1, -0.05) is 6.42 Å². The Morgan fingerprint density at radius 3 is 2.31 bits per heavy atom. The zero-order valence-electron chi connectivity index (χ0n) is 7.00. The van der Waals surface area contributed by atoms with E-state index in [2.05, 4.69) is 0 Å². The lowest BCUT2D eigenvalue weighted by Gasteiger charge is -2.04. The van der Waals surface area contributed by atoms with Gasteiger partial charge in [0.1, 0.15) is 0 Å². The van der Waals surface area contributed by atoms with Crippen molar-refractivity contribution in [3.63, 3.8) is 0 Å². The van der Waals surface area contributed by atoms with Crippen LogP contribution in [0.25, 0.3) is 0 Å². The Balaban J connectivity index is 3.33. The first-order chi connectivity index (χ1) is 5.92. The SMILES string of the molecule is O=S(=O)([O-])CCCCCC=C(F)F. The fourth-order valence-corrected chi connectivity index (χ4v) is 1.37. The lowest BCUT2D eigenvalue weighted by Crippen LogP contribution is -2.03. The van der Waals surface area contributed by atoms with Crippen molar-refractivity contribution in [3.8, 4) is 0 Å². The summed E-state index contributed by atoms with van der Waals surface area (Å²) in [5.41, 5.74) is 0. The molecule has 0 atom stereocenters. The Kier molecular flexibility index (Phi) is 5.81. The molecule has 3 nitrogen and oxygen atoms in total. The van der Waals surface area contributed by atoms with E-state index in [0.29, 0.717) is 12.8 Å². The van der Waals surface area contributed by atoms with Crippen molar-refractivity contribution in [1.82, 2.24) is 0 Å². The molecule has 0 rings (SSSR count).